The SMILES string of the molecule is CC.CC.CC.CC.CC.CC.CC.CCC(C)(C#N)c1ccccc1.CCC(C)(C)c1ccccc1.CCC(C)(Cl)c1ccccc1.CCC(C)(c1ccccc1)C(F)(F)F.CCC(C)c1ccc2ccoc2c1.CCC(C)c1ccc2sccc2c1.CCC(C)c1cccc2[nH]c3ccccc3c12. The quantitative estimate of drug-likeness (QED) is 0.110. The Kier molecular flexibility index (Phi) is 55.2. The highest BCUT2D eigenvalue weighted by Crippen LogP contribution is 2.43. The lowest BCUT2D eigenvalue weighted by molar-refractivity contribution is -0.186. The number of hydrogen-bond donors (Lipinski definition) is 1. The number of aromatic nitrogens is 1. The van der Waals surface area contributed by atoms with Crippen LogP contribution in [0.15, 0.2) is 228 Å². The maximum atomic E-state index is 12.8. The second-order valence-corrected chi connectivity index (χ2v) is 26.8. The fourth-order valence-electron chi connectivity index (χ4n) is 10.2. The third-order valence-corrected chi connectivity index (χ3v) is 20.0. The Labute approximate surface area is 649 Å². The number of hydrogen-bond acceptors (Lipinski definition) is 3. The second kappa shape index (κ2) is 56.9. The summed E-state index contributed by atoms with van der Waals surface area (Å²) in [5, 5.41) is 16.5. The average Bonchev–Trinajstić information content (AvgIpc) is 1.62. The average molecular weight is 1480 g/mol. The molecule has 0 amide bonds. The van der Waals surface area contributed by atoms with Crippen LogP contribution in [0.1, 0.15) is 302 Å². The van der Waals surface area contributed by atoms with Gasteiger partial charge in [0.1, 0.15) is 5.58 Å². The van der Waals surface area contributed by atoms with Crippen LogP contribution in [0.2, 0.25) is 0 Å². The molecule has 3 aromatic heterocycles. The molecule has 580 valence electrons. The Hall–Kier alpha value is -7.37. The van der Waals surface area contributed by atoms with Gasteiger partial charge >= 0.3 is 6.18 Å². The topological polar surface area (TPSA) is 52.7 Å². The first-order valence-corrected chi connectivity index (χ1v) is 41.0. The number of aromatic amines is 1. The maximum absolute atomic E-state index is 12.8. The van der Waals surface area contributed by atoms with Gasteiger partial charge < -0.3 is 9.40 Å². The summed E-state index contributed by atoms with van der Waals surface area (Å²) in [5.41, 5.74) is 10.1. The lowest BCUT2D eigenvalue weighted by Crippen LogP contribution is -2.38. The number of para-hydroxylation sites is 1. The van der Waals surface area contributed by atoms with Crippen molar-refractivity contribution in [3.8, 4) is 6.07 Å². The van der Waals surface area contributed by atoms with Crippen LogP contribution >= 0.6 is 22.9 Å². The first-order valence-electron chi connectivity index (χ1n) is 39.7. The summed E-state index contributed by atoms with van der Waals surface area (Å²) in [6, 6.07) is 73.8. The number of halogens is 4. The largest absolute Gasteiger partial charge is 0.464 e. The van der Waals surface area contributed by atoms with Crippen molar-refractivity contribution in [1.29, 1.82) is 5.26 Å². The number of H-pyrrole nitrogens is 1. The number of benzene rings is 8. The number of alkyl halides is 4. The van der Waals surface area contributed by atoms with E-state index < -0.39 is 11.6 Å². The van der Waals surface area contributed by atoms with E-state index in [1.807, 2.05) is 184 Å². The van der Waals surface area contributed by atoms with Crippen LogP contribution in [0, 0.1) is 11.3 Å². The van der Waals surface area contributed by atoms with Gasteiger partial charge in [0.05, 0.1) is 28.0 Å². The molecule has 8 heteroatoms. The molecule has 0 aliphatic carbocycles. The highest BCUT2D eigenvalue weighted by atomic mass is 35.5. The van der Waals surface area contributed by atoms with Crippen LogP contribution in [0.25, 0.3) is 42.9 Å². The molecular formula is C97H142ClF3N2OS. The number of nitrogens with zero attached hydrogens (tertiary/aromatic N) is 1. The number of nitrogens with one attached hydrogen (secondary N) is 1. The van der Waals surface area contributed by atoms with Gasteiger partial charge in [0, 0.05) is 31.9 Å². The molecule has 0 aliphatic heterocycles. The van der Waals surface area contributed by atoms with Crippen LogP contribution in [0.4, 0.5) is 13.2 Å². The Morgan fingerprint density at radius 2 is 0.876 bits per heavy atom. The van der Waals surface area contributed by atoms with Crippen LogP contribution in [-0.2, 0) is 21.1 Å². The van der Waals surface area contributed by atoms with Gasteiger partial charge in [0.25, 0.3) is 0 Å². The van der Waals surface area contributed by atoms with Crippen LogP contribution in [-0.4, -0.2) is 11.2 Å². The van der Waals surface area contributed by atoms with Crippen LogP contribution in [0.3, 0.4) is 0 Å². The molecule has 6 unspecified atom stereocenters. The molecule has 0 fully saturated rings. The van der Waals surface area contributed by atoms with E-state index in [0.717, 1.165) is 24.0 Å². The Morgan fingerprint density at radius 1 is 0.438 bits per heavy atom. The molecule has 8 aromatic carbocycles. The van der Waals surface area contributed by atoms with Crippen LogP contribution < -0.4 is 0 Å². The monoisotopic (exact) mass is 1480 g/mol. The number of nitriles is 1. The summed E-state index contributed by atoms with van der Waals surface area (Å²) in [5.74, 6) is 1.91. The van der Waals surface area contributed by atoms with E-state index in [9.17, 15) is 13.2 Å². The summed E-state index contributed by atoms with van der Waals surface area (Å²) in [7, 11) is 0. The molecule has 1 N–H and O–H groups in total. The number of thiophene rings is 1. The van der Waals surface area contributed by atoms with Crippen molar-refractivity contribution in [2.75, 3.05) is 0 Å². The number of fused-ring (bicyclic) bond motifs is 5. The zero-order chi connectivity index (χ0) is 80.8. The summed E-state index contributed by atoms with van der Waals surface area (Å²) in [6.45, 7) is 59.3. The van der Waals surface area contributed by atoms with Gasteiger partial charge in [-0.1, -0.05) is 356 Å². The smallest absolute Gasteiger partial charge is 0.398 e. The van der Waals surface area contributed by atoms with E-state index in [4.69, 9.17) is 21.3 Å². The van der Waals surface area contributed by atoms with E-state index >= 15 is 0 Å². The predicted octanol–water partition coefficient (Wildman–Crippen LogP) is 34.1. The van der Waals surface area contributed by atoms with Gasteiger partial charge in [-0.05, 0) is 175 Å². The zero-order valence-electron chi connectivity index (χ0n) is 70.8. The molecule has 11 rings (SSSR count). The number of furan rings is 1. The highest BCUT2D eigenvalue weighted by molar-refractivity contribution is 7.17. The molecule has 11 aromatic rings. The van der Waals surface area contributed by atoms with Gasteiger partial charge in [-0.25, -0.2) is 0 Å². The number of rotatable bonds is 14. The van der Waals surface area contributed by atoms with Gasteiger partial charge in [0.15, 0.2) is 0 Å². The second-order valence-electron chi connectivity index (χ2n) is 25.0. The van der Waals surface area contributed by atoms with E-state index in [1.54, 1.807) is 31.4 Å². The maximum Gasteiger partial charge on any atom is 0.398 e. The highest BCUT2D eigenvalue weighted by Gasteiger charge is 2.50. The molecule has 0 spiro atoms. The minimum atomic E-state index is -4.19. The molecular weight excluding hydrogens is 1330 g/mol. The van der Waals surface area contributed by atoms with Crippen molar-refractivity contribution in [1.82, 2.24) is 4.98 Å². The van der Waals surface area contributed by atoms with Crippen molar-refractivity contribution in [3.05, 3.63) is 263 Å². The van der Waals surface area contributed by atoms with Crippen molar-refractivity contribution in [2.24, 2.45) is 0 Å². The molecule has 0 saturated carbocycles. The van der Waals surface area contributed by atoms with Crippen molar-refractivity contribution in [2.45, 2.75) is 291 Å². The summed E-state index contributed by atoms with van der Waals surface area (Å²) in [6.07, 6.45) is 4.18. The minimum Gasteiger partial charge on any atom is -0.464 e. The standard InChI is InChI=1S/C16H17N.C12H14O.C12H14S.C11H13F3.C11H13N.C11H16.C10H13Cl.7C2H6/c1-3-11(2)12-8-6-10-15-16(12)13-7-4-5-9-14(13)17-15;1-3-9(2)11-5-4-10-6-7-13-12(10)8-11;1-3-9(2)10-4-5-12-11(8-10)6-7-13-12;1-3-10(2,11(12,13)14)9-7-5-4-6-8-9;1-3-11(2,9-12)10-7-5-4-6-8-10;1-4-11(2,3)10-8-6-5-7-9-10;1-3-10(2,11)9-7-5-4-6-8-9;7*1-2/h4-11,17H,3H2,1-2H3;2*4-9H,3H2,1-2H3;4-8H,3H2,1-2H3;4-8H,3H2,1-2H3;5-9H,4H2,1-3H3;4-8H,3H2,1-2H3;7*1-2H3. The fourth-order valence-corrected chi connectivity index (χ4v) is 11.1. The summed E-state index contributed by atoms with van der Waals surface area (Å²) >= 11 is 8.06. The summed E-state index contributed by atoms with van der Waals surface area (Å²) < 4.78 is 45.1. The minimum absolute atomic E-state index is 0.0561. The molecule has 3 nitrogen and oxygen atoms in total. The van der Waals surface area contributed by atoms with E-state index in [2.05, 4.69) is 213 Å². The van der Waals surface area contributed by atoms with Crippen molar-refractivity contribution in [3.63, 3.8) is 0 Å². The molecule has 0 saturated heterocycles. The molecule has 0 bridgehead atoms. The third kappa shape index (κ3) is 33.1. The molecule has 105 heavy (non-hydrogen) atoms. The van der Waals surface area contributed by atoms with Gasteiger partial charge in [-0.3, -0.25) is 0 Å². The molecule has 0 radical (unpaired) electrons. The molecule has 6 atom stereocenters. The van der Waals surface area contributed by atoms with Crippen molar-refractivity contribution < 1.29 is 17.6 Å². The lowest BCUT2D eigenvalue weighted by Gasteiger charge is -2.31. The fraction of sp³-hybridized carbons (Fsp3) is 0.454. The Bertz CT molecular complexity index is 3750. The van der Waals surface area contributed by atoms with Crippen LogP contribution in [0.5, 0.6) is 0 Å². The third-order valence-electron chi connectivity index (χ3n) is 18.6. The first kappa shape index (κ1) is 102. The first-order chi connectivity index (χ1) is 50.4. The molecule has 0 aliphatic rings. The van der Waals surface area contributed by atoms with Gasteiger partial charge in [0.2, 0.25) is 0 Å². The van der Waals surface area contributed by atoms with Gasteiger partial charge in [-0.2, -0.15) is 18.4 Å². The van der Waals surface area contributed by atoms with Gasteiger partial charge in [-0.15, -0.1) is 22.9 Å². The summed E-state index contributed by atoms with van der Waals surface area (Å²) in [4.78, 5) is 3.30. The lowest BCUT2D eigenvalue weighted by atomic mass is 9.79. The Balaban J connectivity index is -0.00000113. The van der Waals surface area contributed by atoms with E-state index in [0.29, 0.717) is 28.7 Å². The zero-order valence-corrected chi connectivity index (χ0v) is 72.4. The predicted molar refractivity (Wildman–Crippen MR) is 469 cm³/mol. The van der Waals surface area contributed by atoms with E-state index in [1.165, 1.54) is 110 Å². The normalized spacial score (nSPS) is 12.6. The van der Waals surface area contributed by atoms with Crippen molar-refractivity contribution >= 4 is 65.8 Å². The molecule has 3 heterocycles. The van der Waals surface area contributed by atoms with E-state index in [-0.39, 0.29) is 16.7 Å². The Morgan fingerprint density at radius 3 is 1.32 bits per heavy atom.